The van der Waals surface area contributed by atoms with Gasteiger partial charge in [0.2, 0.25) is 5.91 Å². The summed E-state index contributed by atoms with van der Waals surface area (Å²) < 4.78 is 0. The maximum absolute atomic E-state index is 11.3. The van der Waals surface area contributed by atoms with Crippen LogP contribution in [0.3, 0.4) is 0 Å². The number of carbonyl (C=O) groups excluding carboxylic acids is 1. The minimum absolute atomic E-state index is 0.0838. The van der Waals surface area contributed by atoms with E-state index in [0.29, 0.717) is 0 Å². The van der Waals surface area contributed by atoms with Gasteiger partial charge in [-0.05, 0) is 38.0 Å². The Morgan fingerprint density at radius 3 is 2.59 bits per heavy atom. The summed E-state index contributed by atoms with van der Waals surface area (Å²) in [6.07, 6.45) is 1.27. The summed E-state index contributed by atoms with van der Waals surface area (Å²) in [5, 5.41) is 2.85. The number of nitrogens with one attached hydrogen (secondary N) is 1. The van der Waals surface area contributed by atoms with Crippen molar-refractivity contribution in [3.8, 4) is 0 Å². The van der Waals surface area contributed by atoms with Crippen molar-refractivity contribution in [2.45, 2.75) is 32.4 Å². The fraction of sp³-hybridized carbons (Fsp3) is 0.357. The average molecular weight is 232 g/mol. The van der Waals surface area contributed by atoms with E-state index in [1.54, 1.807) is 0 Å². The second-order valence-corrected chi connectivity index (χ2v) is 4.74. The van der Waals surface area contributed by atoms with Gasteiger partial charge in [0, 0.05) is 5.54 Å². The normalized spacial score (nSPS) is 12.9. The maximum atomic E-state index is 11.3. The molecule has 0 aliphatic heterocycles. The lowest BCUT2D eigenvalue weighted by Gasteiger charge is -2.26. The summed E-state index contributed by atoms with van der Waals surface area (Å²) in [4.78, 5) is 11.3. The summed E-state index contributed by atoms with van der Waals surface area (Å²) in [5.41, 5.74) is 7.77. The molecule has 0 aliphatic rings. The largest absolute Gasteiger partial charge is 0.346 e. The quantitative estimate of drug-likeness (QED) is 0.782. The molecule has 1 aromatic rings. The average Bonchev–Trinajstić information content (AvgIpc) is 2.27. The number of rotatable bonds is 4. The van der Waals surface area contributed by atoms with Gasteiger partial charge in [0.15, 0.2) is 0 Å². The van der Waals surface area contributed by atoms with Crippen LogP contribution in [0.5, 0.6) is 0 Å². The highest BCUT2D eigenvalue weighted by Crippen LogP contribution is 2.25. The Labute approximate surface area is 103 Å². The van der Waals surface area contributed by atoms with Gasteiger partial charge < -0.3 is 11.1 Å². The van der Waals surface area contributed by atoms with Gasteiger partial charge in [0.25, 0.3) is 0 Å². The fourth-order valence-corrected chi connectivity index (χ4v) is 1.81. The predicted molar refractivity (Wildman–Crippen MR) is 70.4 cm³/mol. The molecule has 0 bridgehead atoms. The van der Waals surface area contributed by atoms with Crippen molar-refractivity contribution in [2.75, 3.05) is 0 Å². The molecule has 0 saturated carbocycles. The summed E-state index contributed by atoms with van der Waals surface area (Å²) in [5.74, 6) is -0.179. The molecule has 17 heavy (non-hydrogen) atoms. The molecule has 1 amide bonds. The highest BCUT2D eigenvalue weighted by molar-refractivity contribution is 5.87. The molecule has 3 nitrogen and oxygen atoms in total. The topological polar surface area (TPSA) is 55.1 Å². The van der Waals surface area contributed by atoms with Gasteiger partial charge in [-0.2, -0.15) is 0 Å². The van der Waals surface area contributed by atoms with Crippen LogP contribution in [0.1, 0.15) is 37.9 Å². The Hall–Kier alpha value is -1.61. The Balaban J connectivity index is 3.05. The van der Waals surface area contributed by atoms with Gasteiger partial charge in [0.05, 0.1) is 6.04 Å². The van der Waals surface area contributed by atoms with E-state index < -0.39 is 5.54 Å². The molecule has 1 aromatic carbocycles. The van der Waals surface area contributed by atoms with Gasteiger partial charge >= 0.3 is 0 Å². The van der Waals surface area contributed by atoms with E-state index in [9.17, 15) is 4.79 Å². The fourth-order valence-electron chi connectivity index (χ4n) is 1.81. The van der Waals surface area contributed by atoms with Crippen molar-refractivity contribution in [3.63, 3.8) is 0 Å². The van der Waals surface area contributed by atoms with Gasteiger partial charge in [-0.25, -0.2) is 0 Å². The number of nitrogens with two attached hydrogens (primary N) is 1. The van der Waals surface area contributed by atoms with Gasteiger partial charge in [-0.1, -0.05) is 30.8 Å². The first kappa shape index (κ1) is 13.5. The third kappa shape index (κ3) is 3.43. The Morgan fingerprint density at radius 1 is 1.47 bits per heavy atom. The molecule has 0 radical (unpaired) electrons. The van der Waals surface area contributed by atoms with Crippen LogP contribution in [-0.4, -0.2) is 5.91 Å². The molecule has 0 spiro atoms. The van der Waals surface area contributed by atoms with E-state index in [2.05, 4.69) is 11.9 Å². The molecule has 3 N–H and O–H groups in total. The maximum Gasteiger partial charge on any atom is 0.243 e. The molecule has 0 fully saturated rings. The smallest absolute Gasteiger partial charge is 0.243 e. The van der Waals surface area contributed by atoms with E-state index in [4.69, 9.17) is 5.73 Å². The highest BCUT2D eigenvalue weighted by atomic mass is 16.1. The van der Waals surface area contributed by atoms with Crippen molar-refractivity contribution in [2.24, 2.45) is 5.73 Å². The Morgan fingerprint density at radius 2 is 2.06 bits per heavy atom. The number of carbonyl (C=O) groups is 1. The van der Waals surface area contributed by atoms with Gasteiger partial charge in [0.1, 0.15) is 0 Å². The molecule has 1 atom stereocenters. The first-order valence-corrected chi connectivity index (χ1v) is 5.67. The summed E-state index contributed by atoms with van der Waals surface area (Å²) in [7, 11) is 0. The van der Waals surface area contributed by atoms with Crippen molar-refractivity contribution < 1.29 is 4.79 Å². The number of hydrogen-bond donors (Lipinski definition) is 2. The Kier molecular flexibility index (Phi) is 4.07. The molecule has 0 saturated heterocycles. The van der Waals surface area contributed by atoms with Crippen LogP contribution in [0.2, 0.25) is 0 Å². The van der Waals surface area contributed by atoms with Crippen molar-refractivity contribution in [3.05, 3.63) is 48.0 Å². The van der Waals surface area contributed by atoms with E-state index in [1.165, 1.54) is 6.08 Å². The number of amides is 1. The number of hydrogen-bond acceptors (Lipinski definition) is 2. The van der Waals surface area contributed by atoms with E-state index >= 15 is 0 Å². The van der Waals surface area contributed by atoms with Crippen molar-refractivity contribution in [1.82, 2.24) is 5.32 Å². The minimum atomic E-state index is -0.427. The van der Waals surface area contributed by atoms with Crippen LogP contribution in [0, 0.1) is 0 Å². The van der Waals surface area contributed by atoms with Crippen LogP contribution in [0.15, 0.2) is 36.9 Å². The van der Waals surface area contributed by atoms with E-state index in [1.807, 2.05) is 45.0 Å². The molecule has 0 aromatic heterocycles. The Bertz CT molecular complexity index is 418. The summed E-state index contributed by atoms with van der Waals surface area (Å²) in [6.45, 7) is 9.28. The first-order valence-electron chi connectivity index (χ1n) is 5.67. The zero-order valence-electron chi connectivity index (χ0n) is 10.7. The molecule has 0 aliphatic carbocycles. The zero-order valence-corrected chi connectivity index (χ0v) is 10.7. The van der Waals surface area contributed by atoms with Crippen molar-refractivity contribution in [1.29, 1.82) is 0 Å². The third-order valence-electron chi connectivity index (χ3n) is 2.67. The van der Waals surface area contributed by atoms with Gasteiger partial charge in [-0.3, -0.25) is 4.79 Å². The second kappa shape index (κ2) is 5.15. The molecule has 0 heterocycles. The predicted octanol–water partition coefficient (Wildman–Crippen LogP) is 2.24. The zero-order chi connectivity index (χ0) is 13.1. The molecule has 1 rings (SSSR count). The monoisotopic (exact) mass is 232 g/mol. The standard InChI is InChI=1S/C14H20N2O/c1-5-13(17)16-10(2)11-8-6-7-9-12(11)14(3,4)15/h5-10H,1,15H2,2-4H3,(H,16,17). The van der Waals surface area contributed by atoms with Crippen LogP contribution in [-0.2, 0) is 10.3 Å². The molecule has 92 valence electrons. The second-order valence-electron chi connectivity index (χ2n) is 4.74. The summed E-state index contributed by atoms with van der Waals surface area (Å²) in [6, 6.07) is 7.79. The molecular weight excluding hydrogens is 212 g/mol. The lowest BCUT2D eigenvalue weighted by molar-refractivity contribution is -0.117. The van der Waals surface area contributed by atoms with Crippen LogP contribution in [0.25, 0.3) is 0 Å². The van der Waals surface area contributed by atoms with Crippen LogP contribution >= 0.6 is 0 Å². The van der Waals surface area contributed by atoms with Crippen LogP contribution in [0.4, 0.5) is 0 Å². The molecule has 1 unspecified atom stereocenters. The molecular formula is C14H20N2O. The van der Waals surface area contributed by atoms with E-state index in [-0.39, 0.29) is 11.9 Å². The third-order valence-corrected chi connectivity index (χ3v) is 2.67. The van der Waals surface area contributed by atoms with E-state index in [0.717, 1.165) is 11.1 Å². The highest BCUT2D eigenvalue weighted by Gasteiger charge is 2.21. The SMILES string of the molecule is C=CC(=O)NC(C)c1ccccc1C(C)(C)N. The number of benzene rings is 1. The lowest BCUT2D eigenvalue weighted by Crippen LogP contribution is -2.33. The lowest BCUT2D eigenvalue weighted by atomic mass is 9.88. The minimum Gasteiger partial charge on any atom is -0.346 e. The summed E-state index contributed by atoms with van der Waals surface area (Å²) >= 11 is 0. The van der Waals surface area contributed by atoms with Crippen LogP contribution < -0.4 is 11.1 Å². The molecule has 3 heteroatoms. The van der Waals surface area contributed by atoms with Crippen molar-refractivity contribution >= 4 is 5.91 Å². The first-order chi connectivity index (χ1) is 7.86. The van der Waals surface area contributed by atoms with Gasteiger partial charge in [-0.15, -0.1) is 0 Å².